The Morgan fingerprint density at radius 1 is 1.38 bits per heavy atom. The third-order valence-corrected chi connectivity index (χ3v) is 3.07. The van der Waals surface area contributed by atoms with Crippen molar-refractivity contribution in [3.8, 4) is 0 Å². The van der Waals surface area contributed by atoms with E-state index in [0.29, 0.717) is 5.52 Å². The molecule has 2 aromatic rings. The molecule has 0 N–H and O–H groups in total. The summed E-state index contributed by atoms with van der Waals surface area (Å²) in [7, 11) is 0. The zero-order valence-corrected chi connectivity index (χ0v) is 8.70. The molecule has 0 aliphatic carbocycles. The number of thiazole rings is 1. The summed E-state index contributed by atoms with van der Waals surface area (Å²) in [6, 6.07) is 5.30. The molecule has 0 saturated heterocycles. The fourth-order valence-electron chi connectivity index (χ4n) is 1.01. The van der Waals surface area contributed by atoms with Crippen molar-refractivity contribution in [2.45, 2.75) is 6.43 Å². The van der Waals surface area contributed by atoms with Gasteiger partial charge >= 0.3 is 0 Å². The Bertz CT molecular complexity index is 441. The van der Waals surface area contributed by atoms with Crippen LogP contribution in [0.2, 0.25) is 0 Å². The van der Waals surface area contributed by atoms with Gasteiger partial charge in [0, 0.05) is 4.47 Å². The molecule has 1 heterocycles. The van der Waals surface area contributed by atoms with Crippen LogP contribution in [0.5, 0.6) is 0 Å². The molecule has 0 aliphatic heterocycles. The third kappa shape index (κ3) is 1.71. The van der Waals surface area contributed by atoms with Crippen LogP contribution in [0.1, 0.15) is 11.4 Å². The van der Waals surface area contributed by atoms with Gasteiger partial charge in [-0.3, -0.25) is 0 Å². The number of benzene rings is 1. The highest BCUT2D eigenvalue weighted by Crippen LogP contribution is 2.30. The second-order valence-corrected chi connectivity index (χ2v) is 4.44. The summed E-state index contributed by atoms with van der Waals surface area (Å²) in [5.74, 6) is 0. The molecule has 2 rings (SSSR count). The van der Waals surface area contributed by atoms with Crippen LogP contribution in [0.3, 0.4) is 0 Å². The minimum Gasteiger partial charge on any atom is -0.235 e. The number of nitrogens with zero attached hydrogens (tertiary/aromatic N) is 1. The lowest BCUT2D eigenvalue weighted by atomic mass is 10.3. The van der Waals surface area contributed by atoms with Gasteiger partial charge in [-0.2, -0.15) is 0 Å². The highest BCUT2D eigenvalue weighted by Gasteiger charge is 2.12. The van der Waals surface area contributed by atoms with Crippen LogP contribution < -0.4 is 0 Å². The average molecular weight is 264 g/mol. The molecular formula is C8H4BrF2NS. The second kappa shape index (κ2) is 3.31. The lowest BCUT2D eigenvalue weighted by Gasteiger charge is -1.87. The van der Waals surface area contributed by atoms with Gasteiger partial charge in [-0.15, -0.1) is 11.3 Å². The molecule has 13 heavy (non-hydrogen) atoms. The van der Waals surface area contributed by atoms with Crippen LogP contribution in [-0.2, 0) is 0 Å². The van der Waals surface area contributed by atoms with Crippen LogP contribution in [0.25, 0.3) is 10.2 Å². The number of rotatable bonds is 1. The predicted octanol–water partition coefficient (Wildman–Crippen LogP) is 4.00. The van der Waals surface area contributed by atoms with Crippen molar-refractivity contribution in [2.75, 3.05) is 0 Å². The third-order valence-electron chi connectivity index (χ3n) is 1.55. The summed E-state index contributed by atoms with van der Waals surface area (Å²) in [6.45, 7) is 0. The van der Waals surface area contributed by atoms with E-state index in [0.717, 1.165) is 20.5 Å². The van der Waals surface area contributed by atoms with E-state index >= 15 is 0 Å². The lowest BCUT2D eigenvalue weighted by Crippen LogP contribution is -1.78. The standard InChI is InChI=1S/C8H4BrF2NS/c9-4-1-2-5-6(3-4)13-8(12-5)7(10)11/h1-3,7H. The van der Waals surface area contributed by atoms with Crippen molar-refractivity contribution in [3.05, 3.63) is 27.7 Å². The van der Waals surface area contributed by atoms with E-state index in [4.69, 9.17) is 0 Å². The van der Waals surface area contributed by atoms with Crippen molar-refractivity contribution in [1.82, 2.24) is 4.98 Å². The van der Waals surface area contributed by atoms with E-state index < -0.39 is 6.43 Å². The molecular weight excluding hydrogens is 260 g/mol. The molecule has 0 saturated carbocycles. The van der Waals surface area contributed by atoms with E-state index in [-0.39, 0.29) is 5.01 Å². The first-order chi connectivity index (χ1) is 6.16. The molecule has 0 fully saturated rings. The minimum atomic E-state index is -2.48. The number of alkyl halides is 2. The first kappa shape index (κ1) is 9.02. The fourth-order valence-corrected chi connectivity index (χ4v) is 2.38. The highest BCUT2D eigenvalue weighted by atomic mass is 79.9. The summed E-state index contributed by atoms with van der Waals surface area (Å²) in [6.07, 6.45) is -2.48. The molecule has 1 aromatic heterocycles. The van der Waals surface area contributed by atoms with E-state index in [9.17, 15) is 8.78 Å². The smallest absolute Gasteiger partial charge is 0.235 e. The van der Waals surface area contributed by atoms with Gasteiger partial charge in [0.05, 0.1) is 10.2 Å². The molecule has 0 unspecified atom stereocenters. The Morgan fingerprint density at radius 2 is 2.15 bits per heavy atom. The number of hydrogen-bond acceptors (Lipinski definition) is 2. The van der Waals surface area contributed by atoms with Crippen molar-refractivity contribution < 1.29 is 8.78 Å². The second-order valence-electron chi connectivity index (χ2n) is 2.46. The SMILES string of the molecule is FC(F)c1nc2ccc(Br)cc2s1. The van der Waals surface area contributed by atoms with Crippen LogP contribution >= 0.6 is 27.3 Å². The van der Waals surface area contributed by atoms with Crippen molar-refractivity contribution in [2.24, 2.45) is 0 Å². The van der Waals surface area contributed by atoms with Crippen molar-refractivity contribution >= 4 is 37.5 Å². The monoisotopic (exact) mass is 263 g/mol. The first-order valence-corrected chi connectivity index (χ1v) is 5.12. The topological polar surface area (TPSA) is 12.9 Å². The Balaban J connectivity index is 2.62. The number of aromatic nitrogens is 1. The molecule has 0 spiro atoms. The Labute approximate surface area is 85.5 Å². The quantitative estimate of drug-likeness (QED) is 0.758. The highest BCUT2D eigenvalue weighted by molar-refractivity contribution is 9.10. The minimum absolute atomic E-state index is 0.117. The first-order valence-electron chi connectivity index (χ1n) is 3.51. The average Bonchev–Trinajstić information content (AvgIpc) is 2.46. The molecule has 0 bridgehead atoms. The number of fused-ring (bicyclic) bond motifs is 1. The van der Waals surface area contributed by atoms with Crippen LogP contribution in [0, 0.1) is 0 Å². The van der Waals surface area contributed by atoms with Crippen LogP contribution in [0.4, 0.5) is 8.78 Å². The van der Waals surface area contributed by atoms with E-state index in [1.165, 1.54) is 0 Å². The summed E-state index contributed by atoms with van der Waals surface area (Å²) in [4.78, 5) is 3.80. The van der Waals surface area contributed by atoms with Gasteiger partial charge < -0.3 is 0 Å². The summed E-state index contributed by atoms with van der Waals surface area (Å²) < 4.78 is 26.1. The Hall–Kier alpha value is -0.550. The maximum Gasteiger partial charge on any atom is 0.289 e. The molecule has 1 aromatic carbocycles. The molecule has 68 valence electrons. The maximum atomic E-state index is 12.2. The van der Waals surface area contributed by atoms with Gasteiger partial charge in [0.15, 0.2) is 5.01 Å². The van der Waals surface area contributed by atoms with Gasteiger partial charge in [-0.25, -0.2) is 13.8 Å². The number of hydrogen-bond donors (Lipinski definition) is 0. The maximum absolute atomic E-state index is 12.2. The lowest BCUT2D eigenvalue weighted by molar-refractivity contribution is 0.151. The van der Waals surface area contributed by atoms with Crippen LogP contribution in [-0.4, -0.2) is 4.98 Å². The van der Waals surface area contributed by atoms with Crippen LogP contribution in [0.15, 0.2) is 22.7 Å². The summed E-state index contributed by atoms with van der Waals surface area (Å²) in [5.41, 5.74) is 0.628. The van der Waals surface area contributed by atoms with Gasteiger partial charge in [-0.1, -0.05) is 15.9 Å². The van der Waals surface area contributed by atoms with Crippen molar-refractivity contribution in [3.63, 3.8) is 0 Å². The molecule has 0 amide bonds. The molecule has 0 aliphatic rings. The van der Waals surface area contributed by atoms with Gasteiger partial charge in [0.1, 0.15) is 0 Å². The zero-order valence-electron chi connectivity index (χ0n) is 6.30. The summed E-state index contributed by atoms with van der Waals surface area (Å²) in [5, 5.41) is -0.117. The Morgan fingerprint density at radius 3 is 2.85 bits per heavy atom. The summed E-state index contributed by atoms with van der Waals surface area (Å²) >= 11 is 4.30. The van der Waals surface area contributed by atoms with E-state index in [1.54, 1.807) is 18.2 Å². The largest absolute Gasteiger partial charge is 0.289 e. The molecule has 0 radical (unpaired) electrons. The molecule has 1 nitrogen and oxygen atoms in total. The normalized spacial score (nSPS) is 11.4. The predicted molar refractivity (Wildman–Crippen MR) is 52.3 cm³/mol. The molecule has 0 atom stereocenters. The van der Waals surface area contributed by atoms with E-state index in [2.05, 4.69) is 20.9 Å². The van der Waals surface area contributed by atoms with Gasteiger partial charge in [0.25, 0.3) is 6.43 Å². The Kier molecular flexibility index (Phi) is 2.29. The van der Waals surface area contributed by atoms with E-state index in [1.807, 2.05) is 0 Å². The van der Waals surface area contributed by atoms with Crippen molar-refractivity contribution in [1.29, 1.82) is 0 Å². The molecule has 5 heteroatoms. The zero-order chi connectivity index (χ0) is 9.42. The number of halogens is 3. The van der Waals surface area contributed by atoms with Gasteiger partial charge in [0.2, 0.25) is 0 Å². The fraction of sp³-hybridized carbons (Fsp3) is 0.125. The van der Waals surface area contributed by atoms with Gasteiger partial charge in [-0.05, 0) is 18.2 Å².